The third-order valence-electron chi connectivity index (χ3n) is 4.41. The summed E-state index contributed by atoms with van der Waals surface area (Å²) in [6.45, 7) is 0.824. The maximum atomic E-state index is 12.6. The van der Waals surface area contributed by atoms with Gasteiger partial charge in [-0.2, -0.15) is 13.9 Å². The van der Waals surface area contributed by atoms with Gasteiger partial charge < -0.3 is 9.47 Å². The van der Waals surface area contributed by atoms with E-state index < -0.39 is 6.61 Å². The predicted molar refractivity (Wildman–Crippen MR) is 106 cm³/mol. The Hall–Kier alpha value is -3.48. The van der Waals surface area contributed by atoms with Crippen LogP contribution < -0.4 is 9.47 Å². The zero-order chi connectivity index (χ0) is 21.0. The Morgan fingerprint density at radius 3 is 2.48 bits per heavy atom. The molecule has 0 saturated carbocycles. The minimum Gasteiger partial charge on any atom is -0.493 e. The summed E-state index contributed by atoms with van der Waals surface area (Å²) in [4.78, 5) is 12.6. The van der Waals surface area contributed by atoms with Crippen molar-refractivity contribution < 1.29 is 23.0 Å². The van der Waals surface area contributed by atoms with Crippen molar-refractivity contribution in [1.29, 1.82) is 0 Å². The number of aryl methyl sites for hydroxylation is 1. The first-order valence-electron chi connectivity index (χ1n) is 8.87. The minimum atomic E-state index is -2.97. The minimum absolute atomic E-state index is 0.0637. The molecule has 150 valence electrons. The van der Waals surface area contributed by atoms with E-state index in [0.717, 1.165) is 22.6 Å². The van der Waals surface area contributed by atoms with E-state index in [1.807, 2.05) is 48.9 Å². The Labute approximate surface area is 167 Å². The van der Waals surface area contributed by atoms with Crippen molar-refractivity contribution in [2.75, 3.05) is 7.11 Å². The second-order valence-electron chi connectivity index (χ2n) is 6.27. The van der Waals surface area contributed by atoms with Gasteiger partial charge in [-0.1, -0.05) is 18.2 Å². The van der Waals surface area contributed by atoms with E-state index in [-0.39, 0.29) is 17.3 Å². The molecule has 3 rings (SSSR count). The maximum Gasteiger partial charge on any atom is 0.387 e. The zero-order valence-electron chi connectivity index (χ0n) is 16.2. The number of hydrogen-bond donors (Lipinski definition) is 0. The number of allylic oxidation sites excluding steroid dienone is 1. The van der Waals surface area contributed by atoms with E-state index >= 15 is 0 Å². The quantitative estimate of drug-likeness (QED) is 0.415. The molecule has 1 heterocycles. The number of ketones is 1. The number of nitrogens with zero attached hydrogens (tertiary/aromatic N) is 2. The Morgan fingerprint density at radius 1 is 1.10 bits per heavy atom. The molecule has 0 aliphatic rings. The molecule has 0 amide bonds. The van der Waals surface area contributed by atoms with Gasteiger partial charge in [0, 0.05) is 16.8 Å². The first kappa shape index (κ1) is 20.3. The van der Waals surface area contributed by atoms with E-state index in [2.05, 4.69) is 9.84 Å². The lowest BCUT2D eigenvalue weighted by Crippen LogP contribution is -2.04. The van der Waals surface area contributed by atoms with Crippen LogP contribution >= 0.6 is 0 Å². The molecule has 5 nitrogen and oxygen atoms in total. The highest BCUT2D eigenvalue weighted by atomic mass is 19.3. The molecule has 3 aromatic rings. The predicted octanol–water partition coefficient (Wildman–Crippen LogP) is 5.00. The molecule has 0 radical (unpaired) electrons. The van der Waals surface area contributed by atoms with Crippen molar-refractivity contribution in [2.24, 2.45) is 0 Å². The molecular weight excluding hydrogens is 378 g/mol. The van der Waals surface area contributed by atoms with E-state index in [1.165, 1.54) is 31.4 Å². The molecular formula is C22H20F2N2O3. The summed E-state index contributed by atoms with van der Waals surface area (Å²) < 4.78 is 36.1. The Balaban J connectivity index is 1.85. The lowest BCUT2D eigenvalue weighted by atomic mass is 10.1. The highest BCUT2D eigenvalue weighted by Crippen LogP contribution is 2.30. The first-order valence-corrected chi connectivity index (χ1v) is 8.87. The number of carbonyl (C=O) groups is 1. The zero-order valence-corrected chi connectivity index (χ0v) is 16.2. The maximum absolute atomic E-state index is 12.6. The highest BCUT2D eigenvalue weighted by Gasteiger charge is 2.14. The van der Waals surface area contributed by atoms with Gasteiger partial charge in [-0.05, 0) is 56.3 Å². The van der Waals surface area contributed by atoms with Crippen LogP contribution in [0.15, 0.2) is 54.6 Å². The van der Waals surface area contributed by atoms with Crippen LogP contribution in [0, 0.1) is 13.8 Å². The summed E-state index contributed by atoms with van der Waals surface area (Å²) in [5.41, 5.74) is 3.75. The molecule has 7 heteroatoms. The number of alkyl halides is 2. The molecule has 0 unspecified atom stereocenters. The number of benzene rings is 2. The third kappa shape index (κ3) is 4.51. The molecule has 0 fully saturated rings. The number of aromatic nitrogens is 2. The Bertz CT molecular complexity index is 1040. The molecule has 0 saturated heterocycles. The van der Waals surface area contributed by atoms with Crippen LogP contribution in [-0.4, -0.2) is 29.3 Å². The number of para-hydroxylation sites is 1. The van der Waals surface area contributed by atoms with Crippen LogP contribution in [0.3, 0.4) is 0 Å². The molecule has 0 bridgehead atoms. The number of halogens is 2. The van der Waals surface area contributed by atoms with Crippen molar-refractivity contribution in [3.05, 3.63) is 77.1 Å². The van der Waals surface area contributed by atoms with Crippen LogP contribution in [0.25, 0.3) is 11.8 Å². The van der Waals surface area contributed by atoms with Crippen LogP contribution in [0.1, 0.15) is 27.3 Å². The second kappa shape index (κ2) is 8.68. The van der Waals surface area contributed by atoms with Crippen molar-refractivity contribution in [1.82, 2.24) is 9.78 Å². The van der Waals surface area contributed by atoms with Crippen LogP contribution in [0.2, 0.25) is 0 Å². The second-order valence-corrected chi connectivity index (χ2v) is 6.27. The number of ether oxygens (including phenoxy) is 2. The average molecular weight is 398 g/mol. The molecule has 1 aromatic heterocycles. The van der Waals surface area contributed by atoms with Gasteiger partial charge in [0.05, 0.1) is 18.5 Å². The number of hydrogen-bond acceptors (Lipinski definition) is 4. The average Bonchev–Trinajstić information content (AvgIpc) is 3.00. The molecule has 2 aromatic carbocycles. The van der Waals surface area contributed by atoms with Gasteiger partial charge in [0.15, 0.2) is 17.3 Å². The first-order chi connectivity index (χ1) is 13.9. The van der Waals surface area contributed by atoms with Gasteiger partial charge in [0.25, 0.3) is 0 Å². The largest absolute Gasteiger partial charge is 0.493 e. The molecule has 0 spiro atoms. The summed E-state index contributed by atoms with van der Waals surface area (Å²) in [7, 11) is 1.32. The van der Waals surface area contributed by atoms with E-state index in [1.54, 1.807) is 6.08 Å². The van der Waals surface area contributed by atoms with Crippen molar-refractivity contribution >= 4 is 11.9 Å². The molecule has 0 aliphatic heterocycles. The monoisotopic (exact) mass is 398 g/mol. The summed E-state index contributed by atoms with van der Waals surface area (Å²) in [6, 6.07) is 13.8. The molecule has 0 N–H and O–H groups in total. The molecule has 0 atom stereocenters. The third-order valence-corrected chi connectivity index (χ3v) is 4.41. The molecule has 0 aliphatic carbocycles. The van der Waals surface area contributed by atoms with Gasteiger partial charge in [-0.3, -0.25) is 4.79 Å². The highest BCUT2D eigenvalue weighted by molar-refractivity contribution is 6.07. The number of carbonyl (C=O) groups excluding carboxylic acids is 1. The summed E-state index contributed by atoms with van der Waals surface area (Å²) >= 11 is 0. The molecule has 29 heavy (non-hydrogen) atoms. The number of methoxy groups -OCH3 is 1. The SMILES string of the molecule is COc1cc(C(=O)/C=C/c2c(C)nn(-c3ccccc3)c2C)ccc1OC(F)F. The standard InChI is InChI=1S/C22H20F2N2O3/c1-14-18(15(2)26(25-14)17-7-5-4-6-8-17)10-11-19(27)16-9-12-20(29-22(23)24)21(13-16)28-3/h4-13,22H,1-3H3/b11-10+. The Kier molecular flexibility index (Phi) is 6.07. The topological polar surface area (TPSA) is 53.3 Å². The van der Waals surface area contributed by atoms with Crippen LogP contribution in [0.5, 0.6) is 11.5 Å². The fourth-order valence-corrected chi connectivity index (χ4v) is 2.99. The Morgan fingerprint density at radius 2 is 1.83 bits per heavy atom. The number of rotatable bonds is 7. The van der Waals surface area contributed by atoms with E-state index in [0.29, 0.717) is 5.56 Å². The fourth-order valence-electron chi connectivity index (χ4n) is 2.99. The fraction of sp³-hybridized carbons (Fsp3) is 0.182. The smallest absolute Gasteiger partial charge is 0.387 e. The summed E-state index contributed by atoms with van der Waals surface area (Å²) in [5, 5.41) is 4.54. The summed E-state index contributed by atoms with van der Waals surface area (Å²) in [5.74, 6) is -0.356. The van der Waals surface area contributed by atoms with Gasteiger partial charge in [-0.15, -0.1) is 0 Å². The van der Waals surface area contributed by atoms with Crippen LogP contribution in [0.4, 0.5) is 8.78 Å². The van der Waals surface area contributed by atoms with Crippen LogP contribution in [-0.2, 0) is 0 Å². The normalized spacial score (nSPS) is 11.2. The van der Waals surface area contributed by atoms with E-state index in [4.69, 9.17) is 4.74 Å². The summed E-state index contributed by atoms with van der Waals surface area (Å²) in [6.07, 6.45) is 3.13. The lowest BCUT2D eigenvalue weighted by molar-refractivity contribution is -0.0512. The lowest BCUT2D eigenvalue weighted by Gasteiger charge is -2.10. The van der Waals surface area contributed by atoms with Crippen molar-refractivity contribution in [2.45, 2.75) is 20.5 Å². The van der Waals surface area contributed by atoms with Crippen molar-refractivity contribution in [3.63, 3.8) is 0 Å². The van der Waals surface area contributed by atoms with Gasteiger partial charge in [0.2, 0.25) is 0 Å². The van der Waals surface area contributed by atoms with Gasteiger partial charge >= 0.3 is 6.61 Å². The van der Waals surface area contributed by atoms with Gasteiger partial charge in [0.1, 0.15) is 0 Å². The van der Waals surface area contributed by atoms with Gasteiger partial charge in [-0.25, -0.2) is 4.68 Å². The van der Waals surface area contributed by atoms with E-state index in [9.17, 15) is 13.6 Å². The van der Waals surface area contributed by atoms with Crippen molar-refractivity contribution in [3.8, 4) is 17.2 Å².